The molecule has 1 N–H and O–H groups in total. The molecular weight excluding hydrogens is 268 g/mol. The predicted octanol–water partition coefficient (Wildman–Crippen LogP) is 2.64. The van der Waals surface area contributed by atoms with Crippen molar-refractivity contribution < 1.29 is 19.4 Å². The van der Waals surface area contributed by atoms with Gasteiger partial charge in [0.15, 0.2) is 5.78 Å². The SMILES string of the molecule is CC(=O)O[C@H]1[C@H](C(C)(C)O)CC[C@@]2(C)CC(=O)C=C(C)[C@@H]12. The zero-order valence-electron chi connectivity index (χ0n) is 13.6. The van der Waals surface area contributed by atoms with Crippen LogP contribution in [0.4, 0.5) is 0 Å². The van der Waals surface area contributed by atoms with Gasteiger partial charge in [-0.15, -0.1) is 0 Å². The molecule has 4 nitrogen and oxygen atoms in total. The van der Waals surface area contributed by atoms with E-state index in [4.69, 9.17) is 4.74 Å². The lowest BCUT2D eigenvalue weighted by Crippen LogP contribution is -2.55. The van der Waals surface area contributed by atoms with Crippen LogP contribution >= 0.6 is 0 Å². The first-order chi connectivity index (χ1) is 9.54. The highest BCUT2D eigenvalue weighted by atomic mass is 16.5. The quantitative estimate of drug-likeness (QED) is 0.795. The van der Waals surface area contributed by atoms with Gasteiger partial charge in [0.1, 0.15) is 6.10 Å². The first kappa shape index (κ1) is 16.2. The number of aliphatic hydroxyl groups is 1. The Labute approximate surface area is 126 Å². The number of ether oxygens (including phenoxy) is 1. The molecule has 0 spiro atoms. The van der Waals surface area contributed by atoms with Gasteiger partial charge >= 0.3 is 5.97 Å². The van der Waals surface area contributed by atoms with E-state index in [0.29, 0.717) is 6.42 Å². The number of esters is 1. The number of fused-ring (bicyclic) bond motifs is 1. The van der Waals surface area contributed by atoms with Crippen LogP contribution in [0, 0.1) is 17.3 Å². The van der Waals surface area contributed by atoms with Gasteiger partial charge in [-0.3, -0.25) is 9.59 Å². The van der Waals surface area contributed by atoms with Crippen LogP contribution in [0.3, 0.4) is 0 Å². The van der Waals surface area contributed by atoms with Gasteiger partial charge in [0.25, 0.3) is 0 Å². The van der Waals surface area contributed by atoms with E-state index in [-0.39, 0.29) is 35.1 Å². The number of ketones is 1. The number of hydrogen-bond acceptors (Lipinski definition) is 4. The molecule has 0 bridgehead atoms. The molecule has 0 aromatic carbocycles. The zero-order chi connectivity index (χ0) is 16.0. The van der Waals surface area contributed by atoms with Gasteiger partial charge < -0.3 is 9.84 Å². The summed E-state index contributed by atoms with van der Waals surface area (Å²) in [6, 6.07) is 0. The third kappa shape index (κ3) is 3.05. The maximum Gasteiger partial charge on any atom is 0.302 e. The summed E-state index contributed by atoms with van der Waals surface area (Å²) in [5.41, 5.74) is -0.130. The summed E-state index contributed by atoms with van der Waals surface area (Å²) in [6.07, 6.45) is 3.42. The number of rotatable bonds is 2. The van der Waals surface area contributed by atoms with Gasteiger partial charge in [-0.2, -0.15) is 0 Å². The van der Waals surface area contributed by atoms with Crippen LogP contribution in [0.25, 0.3) is 0 Å². The summed E-state index contributed by atoms with van der Waals surface area (Å²) in [7, 11) is 0. The predicted molar refractivity (Wildman–Crippen MR) is 79.6 cm³/mol. The summed E-state index contributed by atoms with van der Waals surface area (Å²) >= 11 is 0. The van der Waals surface area contributed by atoms with Crippen molar-refractivity contribution in [2.24, 2.45) is 17.3 Å². The van der Waals surface area contributed by atoms with Crippen LogP contribution in [0.1, 0.15) is 53.9 Å². The van der Waals surface area contributed by atoms with E-state index in [1.807, 2.05) is 6.92 Å². The fraction of sp³-hybridized carbons (Fsp3) is 0.765. The van der Waals surface area contributed by atoms with Crippen molar-refractivity contribution >= 4 is 11.8 Å². The summed E-state index contributed by atoms with van der Waals surface area (Å²) in [4.78, 5) is 23.5. The molecule has 0 amide bonds. The molecule has 118 valence electrons. The molecule has 2 aliphatic rings. The molecule has 4 heteroatoms. The number of hydrogen-bond donors (Lipinski definition) is 1. The van der Waals surface area contributed by atoms with Crippen LogP contribution in [-0.4, -0.2) is 28.6 Å². The molecule has 4 atom stereocenters. The average molecular weight is 294 g/mol. The summed E-state index contributed by atoms with van der Waals surface area (Å²) in [6.45, 7) is 8.97. The van der Waals surface area contributed by atoms with E-state index in [9.17, 15) is 14.7 Å². The molecule has 21 heavy (non-hydrogen) atoms. The maximum atomic E-state index is 11.9. The molecule has 0 saturated heterocycles. The average Bonchev–Trinajstić information content (AvgIpc) is 2.23. The van der Waals surface area contributed by atoms with Gasteiger partial charge in [-0.25, -0.2) is 0 Å². The Morgan fingerprint density at radius 2 is 2.10 bits per heavy atom. The van der Waals surface area contributed by atoms with E-state index in [1.54, 1.807) is 19.9 Å². The molecule has 1 fully saturated rings. The Bertz CT molecular complexity index is 486. The Balaban J connectivity index is 2.45. The molecule has 0 radical (unpaired) electrons. The smallest absolute Gasteiger partial charge is 0.302 e. The molecule has 0 aliphatic heterocycles. The topological polar surface area (TPSA) is 63.6 Å². The monoisotopic (exact) mass is 294 g/mol. The summed E-state index contributed by atoms with van der Waals surface area (Å²) < 4.78 is 5.62. The molecule has 0 unspecified atom stereocenters. The lowest BCUT2D eigenvalue weighted by molar-refractivity contribution is -0.173. The van der Waals surface area contributed by atoms with Gasteiger partial charge in [0.05, 0.1) is 5.60 Å². The van der Waals surface area contributed by atoms with Gasteiger partial charge in [-0.05, 0) is 45.1 Å². The highest BCUT2D eigenvalue weighted by molar-refractivity contribution is 5.92. The van der Waals surface area contributed by atoms with Crippen molar-refractivity contribution in [1.82, 2.24) is 0 Å². The van der Waals surface area contributed by atoms with Crippen LogP contribution in [0.5, 0.6) is 0 Å². The minimum absolute atomic E-state index is 0.00396. The molecule has 0 aromatic rings. The van der Waals surface area contributed by atoms with Crippen LogP contribution in [0.2, 0.25) is 0 Å². The Morgan fingerprint density at radius 3 is 2.62 bits per heavy atom. The van der Waals surface area contributed by atoms with Crippen molar-refractivity contribution in [1.29, 1.82) is 0 Å². The van der Waals surface area contributed by atoms with E-state index in [1.165, 1.54) is 6.92 Å². The molecule has 0 aromatic heterocycles. The highest BCUT2D eigenvalue weighted by Gasteiger charge is 2.54. The molecule has 0 heterocycles. The van der Waals surface area contributed by atoms with Gasteiger partial charge in [0.2, 0.25) is 0 Å². The molecule has 1 saturated carbocycles. The minimum atomic E-state index is -0.914. The third-order valence-corrected chi connectivity index (χ3v) is 5.17. The van der Waals surface area contributed by atoms with Crippen molar-refractivity contribution in [3.63, 3.8) is 0 Å². The van der Waals surface area contributed by atoms with Crippen LogP contribution in [0.15, 0.2) is 11.6 Å². The second-order valence-electron chi connectivity index (χ2n) is 7.54. The second kappa shape index (κ2) is 5.24. The van der Waals surface area contributed by atoms with Crippen LogP contribution in [-0.2, 0) is 14.3 Å². The van der Waals surface area contributed by atoms with Gasteiger partial charge in [0, 0.05) is 25.2 Å². The Morgan fingerprint density at radius 1 is 1.48 bits per heavy atom. The van der Waals surface area contributed by atoms with Crippen molar-refractivity contribution in [2.75, 3.05) is 0 Å². The van der Waals surface area contributed by atoms with E-state index >= 15 is 0 Å². The van der Waals surface area contributed by atoms with Crippen molar-refractivity contribution in [2.45, 2.75) is 65.6 Å². The second-order valence-corrected chi connectivity index (χ2v) is 7.54. The highest BCUT2D eigenvalue weighted by Crippen LogP contribution is 2.54. The summed E-state index contributed by atoms with van der Waals surface area (Å²) in [5, 5.41) is 10.5. The Kier molecular flexibility index (Phi) is 4.04. The third-order valence-electron chi connectivity index (χ3n) is 5.17. The van der Waals surface area contributed by atoms with Crippen molar-refractivity contribution in [3.05, 3.63) is 11.6 Å². The minimum Gasteiger partial charge on any atom is -0.461 e. The van der Waals surface area contributed by atoms with Crippen LogP contribution < -0.4 is 0 Å². The fourth-order valence-electron chi connectivity index (χ4n) is 4.33. The standard InChI is InChI=1S/C17H26O4/c1-10-8-12(19)9-17(5)7-6-13(16(3,4)20)15(14(10)17)21-11(2)18/h8,13-15,20H,6-7,9H2,1-5H3/t13-,14+,15+,17+/m1/s1. The zero-order valence-corrected chi connectivity index (χ0v) is 13.6. The molecule has 2 rings (SSSR count). The number of allylic oxidation sites excluding steroid dienone is 1. The van der Waals surface area contributed by atoms with Gasteiger partial charge in [-0.1, -0.05) is 12.5 Å². The molecule has 2 aliphatic carbocycles. The van der Waals surface area contributed by atoms with Crippen molar-refractivity contribution in [3.8, 4) is 0 Å². The lowest BCUT2D eigenvalue weighted by atomic mass is 9.54. The maximum absolute atomic E-state index is 11.9. The van der Waals surface area contributed by atoms with E-state index < -0.39 is 5.60 Å². The normalized spacial score (nSPS) is 36.8. The Hall–Kier alpha value is -1.16. The molecular formula is C17H26O4. The number of carbonyl (C=O) groups is 2. The first-order valence-electron chi connectivity index (χ1n) is 7.65. The van der Waals surface area contributed by atoms with E-state index in [0.717, 1.165) is 18.4 Å². The fourth-order valence-corrected chi connectivity index (χ4v) is 4.33. The largest absolute Gasteiger partial charge is 0.461 e. The van der Waals surface area contributed by atoms with E-state index in [2.05, 4.69) is 6.92 Å². The summed E-state index contributed by atoms with van der Waals surface area (Å²) in [5.74, 6) is -0.293. The lowest BCUT2D eigenvalue weighted by Gasteiger charge is -2.53. The first-order valence-corrected chi connectivity index (χ1v) is 7.65. The number of carbonyl (C=O) groups excluding carboxylic acids is 2.